The van der Waals surface area contributed by atoms with Crippen LogP contribution < -0.4 is 5.32 Å². The number of hydrogen-bond acceptors (Lipinski definition) is 4. The van der Waals surface area contributed by atoms with E-state index in [0.29, 0.717) is 13.1 Å². The summed E-state index contributed by atoms with van der Waals surface area (Å²) in [6, 6.07) is 7.78. The minimum absolute atomic E-state index is 0.0317. The average molecular weight is 306 g/mol. The average Bonchev–Trinajstić information content (AvgIpc) is 2.46. The molecular weight excluding hydrogens is 284 g/mol. The lowest BCUT2D eigenvalue weighted by molar-refractivity contribution is -0.118. The molecule has 1 fully saturated rings. The van der Waals surface area contributed by atoms with Crippen LogP contribution in [0.15, 0.2) is 41.8 Å². The number of nitrogens with zero attached hydrogens (tertiary/aromatic N) is 1. The maximum Gasteiger partial charge on any atom is 0.238 e. The minimum atomic E-state index is -0.304. The van der Waals surface area contributed by atoms with Crippen LogP contribution in [0.3, 0.4) is 0 Å². The van der Waals surface area contributed by atoms with Gasteiger partial charge in [0.05, 0.1) is 18.3 Å². The lowest BCUT2D eigenvalue weighted by atomic mass is 10.1. The molecule has 1 aliphatic rings. The monoisotopic (exact) mass is 306 g/mol. The molecule has 1 amide bonds. The molecule has 2 N–H and O–H groups in total. The molecule has 0 aromatic heterocycles. The van der Waals surface area contributed by atoms with Gasteiger partial charge in [-0.3, -0.25) is 9.69 Å². The maximum absolute atomic E-state index is 12.1. The highest BCUT2D eigenvalue weighted by atomic mass is 32.2. The first kappa shape index (κ1) is 16.1. The van der Waals surface area contributed by atoms with Crippen molar-refractivity contribution >= 4 is 23.4 Å². The summed E-state index contributed by atoms with van der Waals surface area (Å²) >= 11 is 1.65. The molecule has 1 saturated heterocycles. The number of amides is 1. The van der Waals surface area contributed by atoms with Gasteiger partial charge in [0, 0.05) is 17.2 Å². The number of para-hydroxylation sites is 1. The third kappa shape index (κ3) is 5.19. The minimum Gasteiger partial charge on any atom is -0.392 e. The number of carbonyl (C=O) groups excluding carboxylic acids is 1. The second-order valence-electron chi connectivity index (χ2n) is 5.18. The zero-order chi connectivity index (χ0) is 15.1. The van der Waals surface area contributed by atoms with E-state index in [2.05, 4.69) is 11.9 Å². The van der Waals surface area contributed by atoms with Crippen molar-refractivity contribution in [3.05, 3.63) is 36.9 Å². The predicted molar refractivity (Wildman–Crippen MR) is 87.7 cm³/mol. The SMILES string of the molecule is C=CCSc1ccccc1NC(=O)CN1CCCC(O)C1. The van der Waals surface area contributed by atoms with E-state index in [1.54, 1.807) is 11.8 Å². The van der Waals surface area contributed by atoms with Crippen molar-refractivity contribution in [1.82, 2.24) is 4.90 Å². The Hall–Kier alpha value is -1.30. The Kier molecular flexibility index (Phi) is 6.29. The van der Waals surface area contributed by atoms with Gasteiger partial charge in [0.15, 0.2) is 0 Å². The highest BCUT2D eigenvalue weighted by Gasteiger charge is 2.19. The molecule has 5 heteroatoms. The van der Waals surface area contributed by atoms with E-state index in [-0.39, 0.29) is 12.0 Å². The third-order valence-corrected chi connectivity index (χ3v) is 4.44. The lowest BCUT2D eigenvalue weighted by Crippen LogP contribution is -2.42. The highest BCUT2D eigenvalue weighted by Crippen LogP contribution is 2.26. The van der Waals surface area contributed by atoms with Gasteiger partial charge in [-0.15, -0.1) is 18.3 Å². The fraction of sp³-hybridized carbons (Fsp3) is 0.438. The first-order chi connectivity index (χ1) is 10.2. The fourth-order valence-electron chi connectivity index (χ4n) is 2.41. The second-order valence-corrected chi connectivity index (χ2v) is 6.24. The largest absolute Gasteiger partial charge is 0.392 e. The Morgan fingerprint density at radius 1 is 1.52 bits per heavy atom. The number of benzene rings is 1. The molecule has 2 rings (SSSR count). The van der Waals surface area contributed by atoms with Crippen LogP contribution in [-0.2, 0) is 4.79 Å². The molecule has 1 unspecified atom stereocenters. The van der Waals surface area contributed by atoms with Crippen molar-refractivity contribution in [3.63, 3.8) is 0 Å². The summed E-state index contributed by atoms with van der Waals surface area (Å²) in [5.41, 5.74) is 0.840. The van der Waals surface area contributed by atoms with Crippen LogP contribution in [0, 0.1) is 0 Å². The van der Waals surface area contributed by atoms with Gasteiger partial charge in [-0.05, 0) is 31.5 Å². The number of thioether (sulfide) groups is 1. The summed E-state index contributed by atoms with van der Waals surface area (Å²) in [6.07, 6.45) is 3.32. The molecule has 1 aliphatic heterocycles. The molecule has 0 spiro atoms. The van der Waals surface area contributed by atoms with E-state index < -0.39 is 0 Å². The maximum atomic E-state index is 12.1. The molecule has 1 atom stereocenters. The van der Waals surface area contributed by atoms with Crippen LogP contribution in [0.25, 0.3) is 0 Å². The number of anilines is 1. The van der Waals surface area contributed by atoms with Crippen LogP contribution in [0.5, 0.6) is 0 Å². The van der Waals surface area contributed by atoms with E-state index in [1.165, 1.54) is 0 Å². The lowest BCUT2D eigenvalue weighted by Gasteiger charge is -2.29. The molecule has 114 valence electrons. The van der Waals surface area contributed by atoms with Crippen LogP contribution in [0.1, 0.15) is 12.8 Å². The van der Waals surface area contributed by atoms with Gasteiger partial charge in [0.25, 0.3) is 0 Å². The van der Waals surface area contributed by atoms with E-state index in [4.69, 9.17) is 0 Å². The van der Waals surface area contributed by atoms with Crippen molar-refractivity contribution in [3.8, 4) is 0 Å². The molecule has 0 bridgehead atoms. The first-order valence-corrected chi connectivity index (χ1v) is 8.20. The highest BCUT2D eigenvalue weighted by molar-refractivity contribution is 7.99. The number of likely N-dealkylation sites (tertiary alicyclic amines) is 1. The van der Waals surface area contributed by atoms with Gasteiger partial charge < -0.3 is 10.4 Å². The number of piperidine rings is 1. The molecule has 1 aromatic carbocycles. The van der Waals surface area contributed by atoms with Crippen LogP contribution in [-0.4, -0.2) is 47.4 Å². The normalized spacial score (nSPS) is 19.2. The molecule has 1 aromatic rings. The number of aliphatic hydroxyl groups is 1. The smallest absolute Gasteiger partial charge is 0.238 e. The fourth-order valence-corrected chi connectivity index (χ4v) is 3.16. The van der Waals surface area contributed by atoms with Gasteiger partial charge in [0.2, 0.25) is 5.91 Å². The van der Waals surface area contributed by atoms with Crippen molar-refractivity contribution < 1.29 is 9.90 Å². The summed E-state index contributed by atoms with van der Waals surface area (Å²) in [5, 5.41) is 12.6. The third-order valence-electron chi connectivity index (χ3n) is 3.37. The Balaban J connectivity index is 1.91. The van der Waals surface area contributed by atoms with Crippen molar-refractivity contribution in [2.45, 2.75) is 23.8 Å². The van der Waals surface area contributed by atoms with Crippen molar-refractivity contribution in [2.75, 3.05) is 30.7 Å². The predicted octanol–water partition coefficient (Wildman–Crippen LogP) is 2.36. The van der Waals surface area contributed by atoms with E-state index in [1.807, 2.05) is 35.2 Å². The van der Waals surface area contributed by atoms with Crippen LogP contribution in [0.4, 0.5) is 5.69 Å². The van der Waals surface area contributed by atoms with E-state index in [0.717, 1.165) is 35.7 Å². The number of hydrogen-bond donors (Lipinski definition) is 2. The van der Waals surface area contributed by atoms with Gasteiger partial charge >= 0.3 is 0 Å². The number of carbonyl (C=O) groups is 1. The first-order valence-electron chi connectivity index (χ1n) is 7.22. The van der Waals surface area contributed by atoms with E-state index in [9.17, 15) is 9.90 Å². The Morgan fingerprint density at radius 3 is 3.10 bits per heavy atom. The molecule has 0 radical (unpaired) electrons. The topological polar surface area (TPSA) is 52.6 Å². The van der Waals surface area contributed by atoms with E-state index >= 15 is 0 Å². The van der Waals surface area contributed by atoms with Gasteiger partial charge in [-0.25, -0.2) is 0 Å². The number of aliphatic hydroxyl groups excluding tert-OH is 1. The molecular formula is C16H22N2O2S. The second kappa shape index (κ2) is 8.22. The number of β-amino-alcohol motifs (C(OH)–C–C–N with tert-alkyl or cyclic N) is 1. The molecule has 0 aliphatic carbocycles. The van der Waals surface area contributed by atoms with Crippen molar-refractivity contribution in [1.29, 1.82) is 0 Å². The molecule has 0 saturated carbocycles. The van der Waals surface area contributed by atoms with Gasteiger partial charge in [0.1, 0.15) is 0 Å². The summed E-state index contributed by atoms with van der Waals surface area (Å²) in [4.78, 5) is 15.2. The Labute approximate surface area is 130 Å². The Morgan fingerprint density at radius 2 is 2.33 bits per heavy atom. The van der Waals surface area contributed by atoms with Gasteiger partial charge in [-0.2, -0.15) is 0 Å². The zero-order valence-electron chi connectivity index (χ0n) is 12.1. The van der Waals surface area contributed by atoms with Crippen LogP contribution >= 0.6 is 11.8 Å². The number of nitrogens with one attached hydrogen (secondary N) is 1. The van der Waals surface area contributed by atoms with Crippen LogP contribution in [0.2, 0.25) is 0 Å². The molecule has 21 heavy (non-hydrogen) atoms. The standard InChI is InChI=1S/C16H22N2O2S/c1-2-10-21-15-8-4-3-7-14(15)17-16(20)12-18-9-5-6-13(19)11-18/h2-4,7-8,13,19H,1,5-6,9-12H2,(H,17,20). The summed E-state index contributed by atoms with van der Waals surface area (Å²) < 4.78 is 0. The molecule has 4 nitrogen and oxygen atoms in total. The quantitative estimate of drug-likeness (QED) is 0.626. The number of rotatable bonds is 6. The Bertz CT molecular complexity index is 493. The summed E-state index contributed by atoms with van der Waals surface area (Å²) in [7, 11) is 0. The van der Waals surface area contributed by atoms with Crippen molar-refractivity contribution in [2.24, 2.45) is 0 Å². The summed E-state index contributed by atoms with van der Waals surface area (Å²) in [6.45, 7) is 5.50. The zero-order valence-corrected chi connectivity index (χ0v) is 12.9. The molecule has 1 heterocycles. The summed E-state index contributed by atoms with van der Waals surface area (Å²) in [5.74, 6) is 0.779. The van der Waals surface area contributed by atoms with Gasteiger partial charge in [-0.1, -0.05) is 18.2 Å².